The molecule has 0 bridgehead atoms. The second-order valence-corrected chi connectivity index (χ2v) is 3.82. The van der Waals surface area contributed by atoms with Crippen LogP contribution in [0.4, 0.5) is 4.39 Å². The first-order chi connectivity index (χ1) is 9.63. The molecule has 0 aliphatic rings. The summed E-state index contributed by atoms with van der Waals surface area (Å²) in [5.74, 6) is -0.912. The predicted octanol–water partition coefficient (Wildman–Crippen LogP) is 0.0525. The van der Waals surface area contributed by atoms with Gasteiger partial charge < -0.3 is 0 Å². The Hall–Kier alpha value is -2.55. The minimum absolute atomic E-state index is 0.0832. The van der Waals surface area contributed by atoms with Crippen LogP contribution >= 0.6 is 0 Å². The summed E-state index contributed by atoms with van der Waals surface area (Å²) in [4.78, 5) is 27.4. The van der Waals surface area contributed by atoms with Crippen molar-refractivity contribution in [1.29, 1.82) is 0 Å². The van der Waals surface area contributed by atoms with Crippen molar-refractivity contribution >= 4 is 5.91 Å². The van der Waals surface area contributed by atoms with Crippen molar-refractivity contribution in [1.82, 2.24) is 25.7 Å². The molecule has 0 saturated carbocycles. The molecule has 106 valence electrons. The fraction of sp³-hybridized carbons (Fsp3) is 0.273. The van der Waals surface area contributed by atoms with Crippen LogP contribution in [0.5, 0.6) is 0 Å². The van der Waals surface area contributed by atoms with Crippen molar-refractivity contribution in [3.05, 3.63) is 40.1 Å². The van der Waals surface area contributed by atoms with Crippen LogP contribution in [0.3, 0.4) is 0 Å². The van der Waals surface area contributed by atoms with Crippen molar-refractivity contribution in [2.75, 3.05) is 0 Å². The number of amides is 1. The van der Waals surface area contributed by atoms with Gasteiger partial charge in [0.05, 0.1) is 5.69 Å². The van der Waals surface area contributed by atoms with Gasteiger partial charge in [0.25, 0.3) is 0 Å². The van der Waals surface area contributed by atoms with Gasteiger partial charge in [0.1, 0.15) is 12.4 Å². The van der Waals surface area contributed by atoms with Gasteiger partial charge in [-0.25, -0.2) is 19.8 Å². The van der Waals surface area contributed by atoms with Crippen LogP contribution in [0.1, 0.15) is 18.9 Å². The second kappa shape index (κ2) is 6.06. The molecule has 2 rings (SSSR count). The van der Waals surface area contributed by atoms with E-state index in [-0.39, 0.29) is 30.2 Å². The van der Waals surface area contributed by atoms with E-state index < -0.39 is 11.5 Å². The first-order valence-electron chi connectivity index (χ1n) is 5.82. The van der Waals surface area contributed by atoms with E-state index in [1.807, 2.05) is 0 Å². The van der Waals surface area contributed by atoms with Gasteiger partial charge in [-0.3, -0.25) is 9.63 Å². The molecule has 1 amide bonds. The number of aromatic nitrogens is 4. The van der Waals surface area contributed by atoms with E-state index in [4.69, 9.17) is 4.84 Å². The van der Waals surface area contributed by atoms with Crippen molar-refractivity contribution in [2.24, 2.45) is 0 Å². The third-order valence-electron chi connectivity index (χ3n) is 2.52. The van der Waals surface area contributed by atoms with E-state index in [0.717, 1.165) is 4.68 Å². The second-order valence-electron chi connectivity index (χ2n) is 3.82. The molecular weight excluding hydrogens is 269 g/mol. The van der Waals surface area contributed by atoms with Crippen LogP contribution in [0.2, 0.25) is 0 Å². The number of nitrogens with one attached hydrogen (secondary N) is 2. The predicted molar refractivity (Wildman–Crippen MR) is 65.2 cm³/mol. The molecule has 0 aliphatic carbocycles. The third-order valence-corrected chi connectivity index (χ3v) is 2.52. The van der Waals surface area contributed by atoms with Gasteiger partial charge >= 0.3 is 5.69 Å². The van der Waals surface area contributed by atoms with Gasteiger partial charge in [-0.15, -0.1) is 0 Å². The largest absolute Gasteiger partial charge is 0.365 e. The highest BCUT2D eigenvalue weighted by Gasteiger charge is 2.14. The van der Waals surface area contributed by atoms with Gasteiger partial charge in [-0.05, 0) is 22.6 Å². The number of aromatic amines is 1. The highest BCUT2D eigenvalue weighted by Crippen LogP contribution is 2.16. The summed E-state index contributed by atoms with van der Waals surface area (Å²) in [6.45, 7) is 1.41. The van der Waals surface area contributed by atoms with Gasteiger partial charge in [-0.2, -0.15) is 4.68 Å². The number of hydrogen-bond donors (Lipinski definition) is 2. The zero-order chi connectivity index (χ0) is 14.5. The minimum Gasteiger partial charge on any atom is -0.273 e. The highest BCUT2D eigenvalue weighted by atomic mass is 19.1. The van der Waals surface area contributed by atoms with Crippen LogP contribution in [0.25, 0.3) is 5.69 Å². The summed E-state index contributed by atoms with van der Waals surface area (Å²) < 4.78 is 14.7. The number of benzene rings is 1. The monoisotopic (exact) mass is 281 g/mol. The van der Waals surface area contributed by atoms with Crippen LogP contribution in [-0.4, -0.2) is 26.1 Å². The molecule has 0 aliphatic heterocycles. The van der Waals surface area contributed by atoms with E-state index in [1.165, 1.54) is 18.2 Å². The maximum atomic E-state index is 13.8. The standard InChI is InChI=1S/C11H12FN5O3/c1-2-10(18)14-20-6-7-8(12)4-3-5-9(7)17-11(19)13-15-16-17/h3-5H,2,6H2,1H3,(H,14,18)(H,13,16,19). The Labute approximate surface area is 112 Å². The van der Waals surface area contributed by atoms with E-state index in [1.54, 1.807) is 6.92 Å². The van der Waals surface area contributed by atoms with Gasteiger partial charge in [0, 0.05) is 12.0 Å². The molecule has 2 N–H and O–H groups in total. The summed E-state index contributed by atoms with van der Waals surface area (Å²) in [6.07, 6.45) is 0.243. The molecular formula is C11H12FN5O3. The van der Waals surface area contributed by atoms with Crippen LogP contribution < -0.4 is 11.2 Å². The normalized spacial score (nSPS) is 10.5. The Balaban J connectivity index is 2.26. The molecule has 2 aromatic rings. The molecule has 0 atom stereocenters. The molecule has 0 unspecified atom stereocenters. The van der Waals surface area contributed by atoms with E-state index >= 15 is 0 Å². The van der Waals surface area contributed by atoms with Crippen molar-refractivity contribution in [3.8, 4) is 5.69 Å². The minimum atomic E-state index is -0.602. The highest BCUT2D eigenvalue weighted by molar-refractivity contribution is 5.74. The fourth-order valence-electron chi connectivity index (χ4n) is 1.50. The van der Waals surface area contributed by atoms with Crippen LogP contribution in [-0.2, 0) is 16.2 Å². The molecule has 0 saturated heterocycles. The molecule has 1 aromatic carbocycles. The van der Waals surface area contributed by atoms with E-state index in [2.05, 4.69) is 21.0 Å². The van der Waals surface area contributed by atoms with Gasteiger partial charge in [0.15, 0.2) is 0 Å². The van der Waals surface area contributed by atoms with Crippen molar-refractivity contribution in [2.45, 2.75) is 20.0 Å². The summed E-state index contributed by atoms with van der Waals surface area (Å²) in [7, 11) is 0. The average molecular weight is 281 g/mol. The number of hydrogen-bond acceptors (Lipinski definition) is 5. The molecule has 20 heavy (non-hydrogen) atoms. The molecule has 0 spiro atoms. The molecule has 9 heteroatoms. The molecule has 0 fully saturated rings. The molecule has 0 radical (unpaired) electrons. The first-order valence-corrected chi connectivity index (χ1v) is 5.82. The van der Waals surface area contributed by atoms with E-state index in [0.29, 0.717) is 0 Å². The summed E-state index contributed by atoms with van der Waals surface area (Å²) >= 11 is 0. The molecule has 1 heterocycles. The smallest absolute Gasteiger partial charge is 0.273 e. The lowest BCUT2D eigenvalue weighted by Gasteiger charge is -2.10. The van der Waals surface area contributed by atoms with Crippen molar-refractivity contribution < 1.29 is 14.0 Å². The number of tetrazole rings is 1. The third kappa shape index (κ3) is 2.88. The first kappa shape index (κ1) is 13.9. The average Bonchev–Trinajstić information content (AvgIpc) is 2.86. The molecule has 8 nitrogen and oxygen atoms in total. The summed E-state index contributed by atoms with van der Waals surface area (Å²) in [5, 5.41) is 8.98. The number of hydroxylamine groups is 1. The fourth-order valence-corrected chi connectivity index (χ4v) is 1.50. The number of rotatable bonds is 5. The van der Waals surface area contributed by atoms with Gasteiger partial charge in [-0.1, -0.05) is 13.0 Å². The number of halogens is 1. The summed E-state index contributed by atoms with van der Waals surface area (Å²) in [5.41, 5.74) is 1.83. The van der Waals surface area contributed by atoms with Gasteiger partial charge in [0.2, 0.25) is 5.91 Å². The number of H-pyrrole nitrogens is 1. The lowest BCUT2D eigenvalue weighted by molar-refractivity contribution is -0.134. The Morgan fingerprint density at radius 2 is 2.35 bits per heavy atom. The maximum Gasteiger partial charge on any atom is 0.365 e. The number of nitrogens with zero attached hydrogens (tertiary/aromatic N) is 3. The maximum absolute atomic E-state index is 13.8. The Morgan fingerprint density at radius 3 is 3.00 bits per heavy atom. The zero-order valence-electron chi connectivity index (χ0n) is 10.6. The summed E-state index contributed by atoms with van der Waals surface area (Å²) in [6, 6.07) is 4.14. The Bertz CT molecular complexity index is 666. The van der Waals surface area contributed by atoms with Crippen LogP contribution in [0, 0.1) is 5.82 Å². The Morgan fingerprint density at radius 1 is 1.55 bits per heavy atom. The van der Waals surface area contributed by atoms with Crippen LogP contribution in [0.15, 0.2) is 23.0 Å². The number of carbonyl (C=O) groups excluding carboxylic acids is 1. The topological polar surface area (TPSA) is 102 Å². The lowest BCUT2D eigenvalue weighted by Crippen LogP contribution is -2.24. The molecule has 1 aromatic heterocycles. The number of carbonyl (C=O) groups is 1. The quantitative estimate of drug-likeness (QED) is 0.754. The lowest BCUT2D eigenvalue weighted by atomic mass is 10.2. The Kier molecular flexibility index (Phi) is 4.20. The van der Waals surface area contributed by atoms with E-state index in [9.17, 15) is 14.0 Å². The zero-order valence-corrected chi connectivity index (χ0v) is 10.6. The van der Waals surface area contributed by atoms with Crippen molar-refractivity contribution in [3.63, 3.8) is 0 Å². The SMILES string of the molecule is CCC(=O)NOCc1c(F)cccc1-n1nn[nH]c1=O.